The molecule has 4 aromatic rings. The van der Waals surface area contributed by atoms with Gasteiger partial charge < -0.3 is 14.2 Å². The minimum Gasteiger partial charge on any atom is -0.459 e. The first-order chi connectivity index (χ1) is 17.7. The predicted molar refractivity (Wildman–Crippen MR) is 131 cm³/mol. The number of benzene rings is 2. The second-order valence-corrected chi connectivity index (χ2v) is 9.23. The largest absolute Gasteiger partial charge is 0.459 e. The number of alkyl halides is 1. The molecule has 37 heavy (non-hydrogen) atoms. The molecule has 0 unspecified atom stereocenters. The van der Waals surface area contributed by atoms with Gasteiger partial charge in [-0.3, -0.25) is 4.57 Å². The van der Waals surface area contributed by atoms with Crippen molar-refractivity contribution in [2.24, 2.45) is 0 Å². The van der Waals surface area contributed by atoms with Crippen LogP contribution >= 0.6 is 11.6 Å². The third-order valence-corrected chi connectivity index (χ3v) is 6.87. The second-order valence-electron chi connectivity index (χ2n) is 8.87. The van der Waals surface area contributed by atoms with Crippen LogP contribution in [0.4, 0.5) is 4.39 Å². The Morgan fingerprint density at radius 3 is 2.27 bits per heavy atom. The topological polar surface area (TPSA) is 105 Å². The number of ether oxygens (including phenoxy) is 3. The maximum absolute atomic E-state index is 16.8. The van der Waals surface area contributed by atoms with Crippen LogP contribution in [0.1, 0.15) is 40.8 Å². The summed E-state index contributed by atoms with van der Waals surface area (Å²) in [5.74, 6) is -1.38. The lowest BCUT2D eigenvalue weighted by molar-refractivity contribution is -0.104. The summed E-state index contributed by atoms with van der Waals surface area (Å²) in [5.41, 5.74) is -3.18. The molecule has 11 heteroatoms. The fraction of sp³-hybridized carbons (Fsp3) is 0.269. The fourth-order valence-corrected chi connectivity index (χ4v) is 4.47. The number of carbonyl (C=O) groups is 2. The van der Waals surface area contributed by atoms with Crippen LogP contribution in [0.2, 0.25) is 5.15 Å². The number of rotatable bonds is 6. The van der Waals surface area contributed by atoms with Gasteiger partial charge in [-0.25, -0.2) is 28.9 Å². The van der Waals surface area contributed by atoms with Crippen molar-refractivity contribution in [3.05, 3.63) is 89.6 Å². The monoisotopic (exact) mass is 524 g/mol. The van der Waals surface area contributed by atoms with Crippen LogP contribution in [0, 0.1) is 0 Å². The first kappa shape index (κ1) is 24.8. The first-order valence-electron chi connectivity index (χ1n) is 11.4. The van der Waals surface area contributed by atoms with E-state index < -0.39 is 35.5 Å². The normalized spacial score (nSPS) is 25.2. The van der Waals surface area contributed by atoms with Crippen molar-refractivity contribution in [2.75, 3.05) is 6.61 Å². The molecular weight excluding hydrogens is 503 g/mol. The smallest absolute Gasteiger partial charge is 0.338 e. The van der Waals surface area contributed by atoms with E-state index in [9.17, 15) is 9.59 Å². The Morgan fingerprint density at radius 1 is 1.00 bits per heavy atom. The summed E-state index contributed by atoms with van der Waals surface area (Å²) in [7, 11) is 0. The Labute approximate surface area is 216 Å². The lowest BCUT2D eigenvalue weighted by Crippen LogP contribution is -2.55. The van der Waals surface area contributed by atoms with Crippen LogP contribution in [0.25, 0.3) is 11.2 Å². The van der Waals surface area contributed by atoms with Gasteiger partial charge in [-0.1, -0.05) is 48.0 Å². The van der Waals surface area contributed by atoms with E-state index in [1.54, 1.807) is 60.7 Å². The zero-order valence-electron chi connectivity index (χ0n) is 19.9. The van der Waals surface area contributed by atoms with Crippen molar-refractivity contribution in [3.8, 4) is 0 Å². The Balaban J connectivity index is 1.50. The highest BCUT2D eigenvalue weighted by molar-refractivity contribution is 6.33. The highest BCUT2D eigenvalue weighted by Gasteiger charge is 2.67. The highest BCUT2D eigenvalue weighted by atomic mass is 35.5. The van der Waals surface area contributed by atoms with E-state index >= 15 is 4.39 Å². The van der Waals surface area contributed by atoms with Crippen LogP contribution in [0.15, 0.2) is 73.3 Å². The first-order valence-corrected chi connectivity index (χ1v) is 11.8. The molecule has 5 rings (SSSR count). The summed E-state index contributed by atoms with van der Waals surface area (Å²) >= 11 is 6.12. The summed E-state index contributed by atoms with van der Waals surface area (Å²) in [6, 6.07) is 16.5. The zero-order valence-corrected chi connectivity index (χ0v) is 20.6. The average Bonchev–Trinajstić information content (AvgIpc) is 3.41. The molecule has 1 aliphatic rings. The Kier molecular flexibility index (Phi) is 6.38. The van der Waals surface area contributed by atoms with Gasteiger partial charge in [0, 0.05) is 0 Å². The number of nitrogens with zero attached hydrogens (tertiary/aromatic N) is 4. The van der Waals surface area contributed by atoms with Crippen molar-refractivity contribution in [3.63, 3.8) is 0 Å². The molecule has 0 amide bonds. The lowest BCUT2D eigenvalue weighted by atomic mass is 9.84. The van der Waals surface area contributed by atoms with Crippen LogP contribution in [0.3, 0.4) is 0 Å². The molecule has 2 aromatic heterocycles. The van der Waals surface area contributed by atoms with E-state index in [4.69, 9.17) is 25.8 Å². The molecule has 1 aliphatic heterocycles. The van der Waals surface area contributed by atoms with Gasteiger partial charge in [0.05, 0.1) is 17.5 Å². The third kappa shape index (κ3) is 4.32. The van der Waals surface area contributed by atoms with Gasteiger partial charge in [0.25, 0.3) is 0 Å². The van der Waals surface area contributed by atoms with Gasteiger partial charge in [0.2, 0.25) is 0 Å². The Bertz CT molecular complexity index is 1450. The molecular formula is C26H22ClFN4O5. The van der Waals surface area contributed by atoms with E-state index in [1.807, 2.05) is 0 Å². The number of hydrogen-bond acceptors (Lipinski definition) is 8. The standard InChI is InChI=1S/C26H22ClFN4O5/c1-25(28)24(32-15-31-19-20(27)29-14-30-21(19)32)36-18(13-35-22(33)16-9-5-3-6-10-16)26(25,2)37-23(34)17-11-7-4-8-12-17/h3-12,14-15,18,24H,13H2,1-2H3/t18-,24+,25+,26-/m1/s1. The van der Waals surface area contributed by atoms with Crippen LogP contribution in [-0.2, 0) is 14.2 Å². The van der Waals surface area contributed by atoms with Gasteiger partial charge in [0.1, 0.15) is 24.6 Å². The molecule has 2 aromatic carbocycles. The Morgan fingerprint density at radius 2 is 1.62 bits per heavy atom. The maximum Gasteiger partial charge on any atom is 0.338 e. The molecule has 4 atom stereocenters. The van der Waals surface area contributed by atoms with Crippen molar-refractivity contribution in [1.82, 2.24) is 19.5 Å². The molecule has 0 spiro atoms. The number of carbonyl (C=O) groups excluding carboxylic acids is 2. The number of fused-ring (bicyclic) bond motifs is 1. The van der Waals surface area contributed by atoms with Gasteiger partial charge in [-0.2, -0.15) is 0 Å². The lowest BCUT2D eigenvalue weighted by Gasteiger charge is -2.37. The molecule has 0 aliphatic carbocycles. The van der Waals surface area contributed by atoms with E-state index in [0.717, 1.165) is 0 Å². The van der Waals surface area contributed by atoms with Crippen LogP contribution in [-0.4, -0.2) is 55.4 Å². The fourth-order valence-electron chi connectivity index (χ4n) is 4.29. The quantitative estimate of drug-likeness (QED) is 0.266. The average molecular weight is 525 g/mol. The summed E-state index contributed by atoms with van der Waals surface area (Å²) < 4.78 is 35.5. The molecule has 0 saturated carbocycles. The van der Waals surface area contributed by atoms with Gasteiger partial charge in [0.15, 0.2) is 28.3 Å². The summed E-state index contributed by atoms with van der Waals surface area (Å²) in [4.78, 5) is 37.9. The SMILES string of the molecule is C[C@]1(F)[C@@H](n2cnc3c(Cl)ncnc32)O[C@H](COC(=O)c2ccccc2)[C@@]1(C)OC(=O)c1ccccc1. The van der Waals surface area contributed by atoms with Gasteiger partial charge in [-0.05, 0) is 38.1 Å². The van der Waals surface area contributed by atoms with E-state index in [2.05, 4.69) is 15.0 Å². The molecule has 0 N–H and O–H groups in total. The number of esters is 2. The minimum atomic E-state index is -2.33. The van der Waals surface area contributed by atoms with Gasteiger partial charge >= 0.3 is 11.9 Å². The summed E-state index contributed by atoms with van der Waals surface area (Å²) in [6.07, 6.45) is 0.0205. The van der Waals surface area contributed by atoms with Crippen molar-refractivity contribution in [1.29, 1.82) is 0 Å². The molecule has 0 bridgehead atoms. The second kappa shape index (κ2) is 9.53. The molecule has 1 fully saturated rings. The van der Waals surface area contributed by atoms with Crippen molar-refractivity contribution >= 4 is 34.7 Å². The third-order valence-electron chi connectivity index (χ3n) is 6.60. The summed E-state index contributed by atoms with van der Waals surface area (Å²) in [6.45, 7) is 2.28. The number of imidazole rings is 1. The van der Waals surface area contributed by atoms with E-state index in [0.29, 0.717) is 5.56 Å². The highest BCUT2D eigenvalue weighted by Crippen LogP contribution is 2.51. The van der Waals surface area contributed by atoms with Gasteiger partial charge in [-0.15, -0.1) is 0 Å². The van der Waals surface area contributed by atoms with Crippen molar-refractivity contribution < 1.29 is 28.2 Å². The molecule has 1 saturated heterocycles. The van der Waals surface area contributed by atoms with E-state index in [-0.39, 0.29) is 28.5 Å². The number of halogens is 2. The van der Waals surface area contributed by atoms with Crippen LogP contribution in [0.5, 0.6) is 0 Å². The van der Waals surface area contributed by atoms with Crippen LogP contribution < -0.4 is 0 Å². The molecule has 190 valence electrons. The maximum atomic E-state index is 16.8. The predicted octanol–water partition coefficient (Wildman–Crippen LogP) is 4.58. The Hall–Kier alpha value is -3.89. The van der Waals surface area contributed by atoms with Crippen molar-refractivity contribution in [2.45, 2.75) is 37.4 Å². The molecule has 3 heterocycles. The molecule has 0 radical (unpaired) electrons. The minimum absolute atomic E-state index is 0.0916. The summed E-state index contributed by atoms with van der Waals surface area (Å²) in [5, 5.41) is 0.0916. The molecule has 9 nitrogen and oxygen atoms in total. The number of aromatic nitrogens is 4. The number of hydrogen-bond donors (Lipinski definition) is 0. The van der Waals surface area contributed by atoms with E-state index in [1.165, 1.54) is 31.1 Å². The zero-order chi connectivity index (χ0) is 26.2.